The Morgan fingerprint density at radius 3 is 2.71 bits per heavy atom. The third-order valence-corrected chi connectivity index (χ3v) is 6.83. The van der Waals surface area contributed by atoms with Crippen molar-refractivity contribution in [1.82, 2.24) is 20.0 Å². The van der Waals surface area contributed by atoms with E-state index in [2.05, 4.69) is 10.4 Å². The number of hydrogen-bond acceptors (Lipinski definition) is 6. The molecule has 3 amide bonds. The van der Waals surface area contributed by atoms with Gasteiger partial charge in [0.15, 0.2) is 0 Å². The molecule has 0 spiro atoms. The molecule has 1 aromatic carbocycles. The number of piperidine rings is 1. The van der Waals surface area contributed by atoms with Gasteiger partial charge in [0.1, 0.15) is 12.1 Å². The summed E-state index contributed by atoms with van der Waals surface area (Å²) in [5.74, 6) is -1.37. The summed E-state index contributed by atoms with van der Waals surface area (Å²) in [4.78, 5) is 39.8. The summed E-state index contributed by atoms with van der Waals surface area (Å²) >= 11 is 0. The highest BCUT2D eigenvalue weighted by Gasteiger charge is 2.51. The average Bonchev–Trinajstić information content (AvgIpc) is 3.28. The second kappa shape index (κ2) is 7.83. The molecule has 5 rings (SSSR count). The summed E-state index contributed by atoms with van der Waals surface area (Å²) in [6.45, 7) is -0.0523. The van der Waals surface area contributed by atoms with Gasteiger partial charge in [-0.15, -0.1) is 0 Å². The van der Waals surface area contributed by atoms with Crippen molar-refractivity contribution in [3.63, 3.8) is 0 Å². The largest absolute Gasteiger partial charge is 0.410 e. The minimum Gasteiger partial charge on any atom is -0.351 e. The summed E-state index contributed by atoms with van der Waals surface area (Å²) in [5, 5.41) is 6.37. The lowest BCUT2D eigenvalue weighted by molar-refractivity contribution is -0.154. The number of rotatable bonds is 3. The van der Waals surface area contributed by atoms with Crippen LogP contribution in [0.4, 0.5) is 18.9 Å². The first-order valence-electron chi connectivity index (χ1n) is 10.9. The molecule has 34 heavy (non-hydrogen) atoms. The maximum absolute atomic E-state index is 14.1. The zero-order valence-electron chi connectivity index (χ0n) is 18.3. The number of halogens is 3. The van der Waals surface area contributed by atoms with E-state index in [0.29, 0.717) is 22.5 Å². The average molecular weight is 476 g/mol. The number of nitrogens with zero attached hydrogens (tertiary/aromatic N) is 4. The SMILES string of the molecule is Cn1ncc2c1CC(N)C(C(F)(F)F)N2Cc1cccc2c1C(=O)N(C1CCC(=O)NC1=O)C2. The third-order valence-electron chi connectivity index (χ3n) is 6.83. The maximum atomic E-state index is 14.1. The van der Waals surface area contributed by atoms with Crippen LogP contribution in [-0.4, -0.2) is 56.7 Å². The number of amides is 3. The van der Waals surface area contributed by atoms with E-state index in [1.807, 2.05) is 0 Å². The lowest BCUT2D eigenvalue weighted by Crippen LogP contribution is -2.59. The third kappa shape index (κ3) is 3.52. The van der Waals surface area contributed by atoms with Crippen LogP contribution >= 0.6 is 0 Å². The van der Waals surface area contributed by atoms with E-state index in [1.54, 1.807) is 25.2 Å². The summed E-state index contributed by atoms with van der Waals surface area (Å²) in [6.07, 6.45) is -2.85. The van der Waals surface area contributed by atoms with E-state index < -0.39 is 42.0 Å². The van der Waals surface area contributed by atoms with E-state index in [-0.39, 0.29) is 37.9 Å². The van der Waals surface area contributed by atoms with Crippen LogP contribution in [0.25, 0.3) is 0 Å². The second-order valence-corrected chi connectivity index (χ2v) is 8.93. The van der Waals surface area contributed by atoms with E-state index in [4.69, 9.17) is 5.73 Å². The monoisotopic (exact) mass is 476 g/mol. The Morgan fingerprint density at radius 2 is 2.00 bits per heavy atom. The number of carbonyl (C=O) groups excluding carboxylic acids is 3. The van der Waals surface area contributed by atoms with E-state index in [9.17, 15) is 27.6 Å². The highest BCUT2D eigenvalue weighted by molar-refractivity contribution is 6.06. The first kappa shape index (κ1) is 22.4. The van der Waals surface area contributed by atoms with Crippen molar-refractivity contribution in [2.24, 2.45) is 12.8 Å². The van der Waals surface area contributed by atoms with Crippen LogP contribution in [0.1, 0.15) is 40.0 Å². The summed E-state index contributed by atoms with van der Waals surface area (Å²) in [6, 6.07) is 1.08. The second-order valence-electron chi connectivity index (χ2n) is 8.93. The van der Waals surface area contributed by atoms with Gasteiger partial charge in [-0.2, -0.15) is 18.3 Å². The molecule has 3 N–H and O–H groups in total. The molecule has 2 aromatic rings. The number of hydrogen-bond donors (Lipinski definition) is 2. The van der Waals surface area contributed by atoms with Crippen LogP contribution in [0.5, 0.6) is 0 Å². The van der Waals surface area contributed by atoms with Crippen LogP contribution < -0.4 is 16.0 Å². The first-order valence-corrected chi connectivity index (χ1v) is 10.9. The van der Waals surface area contributed by atoms with Gasteiger partial charge in [-0.05, 0) is 17.5 Å². The Kier molecular flexibility index (Phi) is 5.15. The molecule has 0 saturated carbocycles. The van der Waals surface area contributed by atoms with Gasteiger partial charge in [0.05, 0.1) is 17.6 Å². The van der Waals surface area contributed by atoms with Crippen LogP contribution in [0.15, 0.2) is 24.4 Å². The summed E-state index contributed by atoms with van der Waals surface area (Å²) in [5.41, 5.74) is 8.24. The Balaban J connectivity index is 1.50. The van der Waals surface area contributed by atoms with Crippen molar-refractivity contribution in [3.05, 3.63) is 46.8 Å². The number of fused-ring (bicyclic) bond motifs is 2. The highest BCUT2D eigenvalue weighted by atomic mass is 19.4. The summed E-state index contributed by atoms with van der Waals surface area (Å²) < 4.78 is 43.8. The predicted octanol–water partition coefficient (Wildman–Crippen LogP) is 1.00. The van der Waals surface area contributed by atoms with Gasteiger partial charge < -0.3 is 15.5 Å². The van der Waals surface area contributed by atoms with Crippen molar-refractivity contribution in [1.29, 1.82) is 0 Å². The number of nitrogens with two attached hydrogens (primary N) is 1. The Morgan fingerprint density at radius 1 is 1.24 bits per heavy atom. The van der Waals surface area contributed by atoms with Gasteiger partial charge in [0.25, 0.3) is 5.91 Å². The molecule has 1 fully saturated rings. The first-order chi connectivity index (χ1) is 16.1. The van der Waals surface area contributed by atoms with E-state index in [0.717, 1.165) is 0 Å². The summed E-state index contributed by atoms with van der Waals surface area (Å²) in [7, 11) is 1.65. The number of alkyl halides is 3. The minimum atomic E-state index is -4.59. The van der Waals surface area contributed by atoms with Crippen molar-refractivity contribution < 1.29 is 27.6 Å². The molecule has 180 valence electrons. The number of anilines is 1. The quantitative estimate of drug-likeness (QED) is 0.640. The molecule has 4 heterocycles. The molecule has 3 aliphatic rings. The number of nitrogens with one attached hydrogen (secondary N) is 1. The van der Waals surface area contributed by atoms with Crippen molar-refractivity contribution >= 4 is 23.4 Å². The van der Waals surface area contributed by atoms with Crippen molar-refractivity contribution in [2.75, 3.05) is 4.90 Å². The van der Waals surface area contributed by atoms with Crippen molar-refractivity contribution in [2.45, 2.75) is 56.7 Å². The van der Waals surface area contributed by atoms with Gasteiger partial charge >= 0.3 is 6.18 Å². The number of benzene rings is 1. The molecule has 9 nitrogen and oxygen atoms in total. The molecule has 1 saturated heterocycles. The Bertz CT molecular complexity index is 1190. The molecule has 1 aromatic heterocycles. The van der Waals surface area contributed by atoms with Gasteiger partial charge in [0.2, 0.25) is 11.8 Å². The molecule has 0 aliphatic carbocycles. The highest BCUT2D eigenvalue weighted by Crippen LogP contribution is 2.39. The molecule has 12 heteroatoms. The van der Waals surface area contributed by atoms with Gasteiger partial charge in [-0.3, -0.25) is 24.4 Å². The van der Waals surface area contributed by atoms with Crippen molar-refractivity contribution in [3.8, 4) is 0 Å². The molecular formula is C22H23F3N6O3. The Labute approximate surface area is 192 Å². The molecular weight excluding hydrogens is 453 g/mol. The fourth-order valence-corrected chi connectivity index (χ4v) is 5.25. The maximum Gasteiger partial charge on any atom is 0.410 e. The number of aromatic nitrogens is 2. The minimum absolute atomic E-state index is 0.0294. The van der Waals surface area contributed by atoms with E-state index >= 15 is 0 Å². The molecule has 3 unspecified atom stereocenters. The predicted molar refractivity (Wildman–Crippen MR) is 113 cm³/mol. The lowest BCUT2D eigenvalue weighted by Gasteiger charge is -2.41. The standard InChI is InChI=1S/C22H23F3N6O3/c1-29-15-7-13(26)19(22(23,24)25)30(16(15)8-27-29)9-11-3-2-4-12-10-31(21(34)18(11)12)14-5-6-17(32)28-20(14)33/h2-4,8,13-14,19H,5-7,9-10,26H2,1H3,(H,28,32,33). The zero-order chi connectivity index (χ0) is 24.4. The van der Waals surface area contributed by atoms with Crippen LogP contribution in [0, 0.1) is 0 Å². The number of imide groups is 1. The fraction of sp³-hybridized carbons (Fsp3) is 0.455. The van der Waals surface area contributed by atoms with Gasteiger partial charge in [0, 0.05) is 44.6 Å². The van der Waals surface area contributed by atoms with Crippen LogP contribution in [-0.2, 0) is 36.1 Å². The smallest absolute Gasteiger partial charge is 0.351 e. The normalized spacial score (nSPS) is 24.9. The van der Waals surface area contributed by atoms with E-state index in [1.165, 1.54) is 20.7 Å². The molecule has 0 bridgehead atoms. The number of carbonyl (C=O) groups is 3. The Hall–Kier alpha value is -3.41. The molecule has 0 radical (unpaired) electrons. The van der Waals surface area contributed by atoms with Gasteiger partial charge in [-0.1, -0.05) is 18.2 Å². The van der Waals surface area contributed by atoms with Crippen LogP contribution in [0.3, 0.4) is 0 Å². The lowest BCUT2D eigenvalue weighted by atomic mass is 9.93. The molecule has 3 atom stereocenters. The fourth-order valence-electron chi connectivity index (χ4n) is 5.25. The van der Waals surface area contributed by atoms with Gasteiger partial charge in [-0.25, -0.2) is 0 Å². The molecule has 3 aliphatic heterocycles. The number of aryl methyl sites for hydroxylation is 1. The topological polar surface area (TPSA) is 114 Å². The van der Waals surface area contributed by atoms with Crippen LogP contribution in [0.2, 0.25) is 0 Å². The zero-order valence-corrected chi connectivity index (χ0v) is 18.3.